The van der Waals surface area contributed by atoms with E-state index < -0.39 is 0 Å². The minimum atomic E-state index is -0.138. The lowest BCUT2D eigenvalue weighted by Gasteiger charge is -2.10. The maximum absolute atomic E-state index is 12.0. The number of hydrogen-bond donors (Lipinski definition) is 2. The van der Waals surface area contributed by atoms with Gasteiger partial charge in [0.2, 0.25) is 11.8 Å². The second-order valence-electron chi connectivity index (χ2n) is 5.73. The van der Waals surface area contributed by atoms with Crippen LogP contribution in [-0.2, 0) is 13.0 Å². The second-order valence-corrected chi connectivity index (χ2v) is 5.73. The molecule has 0 saturated carbocycles. The molecule has 25 heavy (non-hydrogen) atoms. The van der Waals surface area contributed by atoms with Crippen LogP contribution in [0.15, 0.2) is 52.9 Å². The third-order valence-electron chi connectivity index (χ3n) is 3.78. The van der Waals surface area contributed by atoms with Gasteiger partial charge in [-0.1, -0.05) is 42.0 Å². The van der Waals surface area contributed by atoms with Crippen molar-refractivity contribution in [3.8, 4) is 0 Å². The topological polar surface area (TPSA) is 80.0 Å². The smallest absolute Gasteiger partial charge is 0.253 e. The largest absolute Gasteiger partial charge is 0.423 e. The van der Waals surface area contributed by atoms with Crippen molar-refractivity contribution in [2.75, 3.05) is 12.4 Å². The summed E-state index contributed by atoms with van der Waals surface area (Å²) in [7, 11) is 1.61. The van der Waals surface area contributed by atoms with Crippen molar-refractivity contribution in [3.05, 3.63) is 77.0 Å². The number of carbonyl (C=O) groups is 1. The van der Waals surface area contributed by atoms with Crippen LogP contribution in [0.4, 0.5) is 5.69 Å². The van der Waals surface area contributed by atoms with E-state index in [2.05, 4.69) is 20.8 Å². The maximum Gasteiger partial charge on any atom is 0.253 e. The van der Waals surface area contributed by atoms with Gasteiger partial charge in [-0.05, 0) is 24.6 Å². The van der Waals surface area contributed by atoms with Gasteiger partial charge in [0.15, 0.2) is 0 Å². The number of rotatable bonds is 6. The quantitative estimate of drug-likeness (QED) is 0.723. The summed E-state index contributed by atoms with van der Waals surface area (Å²) < 4.78 is 5.67. The summed E-state index contributed by atoms with van der Waals surface area (Å²) in [6.07, 6.45) is 0.599. The number of benzene rings is 2. The molecule has 2 aromatic carbocycles. The second kappa shape index (κ2) is 7.61. The van der Waals surface area contributed by atoms with Crippen LogP contribution in [0.2, 0.25) is 0 Å². The number of carbonyl (C=O) groups excluding carboxylic acids is 1. The van der Waals surface area contributed by atoms with Gasteiger partial charge in [-0.25, -0.2) is 0 Å². The summed E-state index contributed by atoms with van der Waals surface area (Å²) in [6.45, 7) is 2.30. The summed E-state index contributed by atoms with van der Waals surface area (Å²) >= 11 is 0. The van der Waals surface area contributed by atoms with Crippen LogP contribution < -0.4 is 10.6 Å². The van der Waals surface area contributed by atoms with Gasteiger partial charge < -0.3 is 15.1 Å². The Hall–Kier alpha value is -3.15. The molecule has 0 fully saturated rings. The van der Waals surface area contributed by atoms with Crippen LogP contribution in [0.1, 0.15) is 33.3 Å². The Bertz CT molecular complexity index is 859. The van der Waals surface area contributed by atoms with Crippen molar-refractivity contribution in [3.63, 3.8) is 0 Å². The van der Waals surface area contributed by atoms with Gasteiger partial charge in [-0.3, -0.25) is 4.79 Å². The molecule has 6 heteroatoms. The Kier molecular flexibility index (Phi) is 5.09. The van der Waals surface area contributed by atoms with E-state index in [1.165, 1.54) is 0 Å². The first-order chi connectivity index (χ1) is 12.2. The van der Waals surface area contributed by atoms with Gasteiger partial charge in [0, 0.05) is 12.7 Å². The zero-order chi connectivity index (χ0) is 17.6. The number of anilines is 1. The first-order valence-electron chi connectivity index (χ1n) is 8.07. The van der Waals surface area contributed by atoms with Crippen molar-refractivity contribution < 1.29 is 9.21 Å². The molecule has 0 spiro atoms. The van der Waals surface area contributed by atoms with E-state index in [0.29, 0.717) is 30.3 Å². The standard InChI is InChI=1S/C19H20N4O2/c1-13-8-9-16(15(10-13)19(24)20-2)21-12-18-23-22-17(25-18)11-14-6-4-3-5-7-14/h3-10,21H,11-12H2,1-2H3,(H,20,24). The summed E-state index contributed by atoms with van der Waals surface area (Å²) in [5, 5.41) is 14.0. The van der Waals surface area contributed by atoms with Gasteiger partial charge >= 0.3 is 0 Å². The molecule has 0 aliphatic rings. The summed E-state index contributed by atoms with van der Waals surface area (Å²) in [6, 6.07) is 15.6. The highest BCUT2D eigenvalue weighted by atomic mass is 16.4. The van der Waals surface area contributed by atoms with Gasteiger partial charge in [-0.15, -0.1) is 10.2 Å². The number of nitrogens with zero attached hydrogens (tertiary/aromatic N) is 2. The van der Waals surface area contributed by atoms with E-state index in [1.807, 2.05) is 55.5 Å². The molecule has 0 aliphatic heterocycles. The Morgan fingerprint density at radius 2 is 1.84 bits per heavy atom. The average Bonchev–Trinajstić information content (AvgIpc) is 3.08. The van der Waals surface area contributed by atoms with Crippen molar-refractivity contribution in [2.45, 2.75) is 19.9 Å². The molecule has 3 aromatic rings. The molecular weight excluding hydrogens is 316 g/mol. The molecule has 0 radical (unpaired) electrons. The number of amides is 1. The third kappa shape index (κ3) is 4.23. The highest BCUT2D eigenvalue weighted by Crippen LogP contribution is 2.18. The van der Waals surface area contributed by atoms with Gasteiger partial charge in [-0.2, -0.15) is 0 Å². The molecular formula is C19H20N4O2. The molecule has 0 aliphatic carbocycles. The minimum absolute atomic E-state index is 0.138. The van der Waals surface area contributed by atoms with Crippen LogP contribution in [-0.4, -0.2) is 23.2 Å². The van der Waals surface area contributed by atoms with E-state index >= 15 is 0 Å². The molecule has 0 bridgehead atoms. The average molecular weight is 336 g/mol. The number of hydrogen-bond acceptors (Lipinski definition) is 5. The van der Waals surface area contributed by atoms with Crippen molar-refractivity contribution >= 4 is 11.6 Å². The Balaban J connectivity index is 1.67. The highest BCUT2D eigenvalue weighted by molar-refractivity contribution is 5.99. The molecule has 6 nitrogen and oxygen atoms in total. The van der Waals surface area contributed by atoms with Crippen LogP contribution in [0.5, 0.6) is 0 Å². The zero-order valence-corrected chi connectivity index (χ0v) is 14.2. The predicted octanol–water partition coefficient (Wildman–Crippen LogP) is 2.94. The fourth-order valence-corrected chi connectivity index (χ4v) is 2.51. The predicted molar refractivity (Wildman–Crippen MR) is 95.4 cm³/mol. The van der Waals surface area contributed by atoms with Crippen molar-refractivity contribution in [2.24, 2.45) is 0 Å². The number of nitrogens with one attached hydrogen (secondary N) is 2. The number of aromatic nitrogens is 2. The van der Waals surface area contributed by atoms with Crippen LogP contribution in [0.25, 0.3) is 0 Å². The molecule has 1 heterocycles. The minimum Gasteiger partial charge on any atom is -0.423 e. The third-order valence-corrected chi connectivity index (χ3v) is 3.78. The zero-order valence-electron chi connectivity index (χ0n) is 14.2. The van der Waals surface area contributed by atoms with Crippen molar-refractivity contribution in [1.29, 1.82) is 0 Å². The summed E-state index contributed by atoms with van der Waals surface area (Å²) in [4.78, 5) is 12.0. The normalized spacial score (nSPS) is 10.5. The van der Waals surface area contributed by atoms with Crippen LogP contribution >= 0.6 is 0 Å². The van der Waals surface area contributed by atoms with Crippen molar-refractivity contribution in [1.82, 2.24) is 15.5 Å². The maximum atomic E-state index is 12.0. The molecule has 1 aromatic heterocycles. The van der Waals surface area contributed by atoms with E-state index in [9.17, 15) is 4.79 Å². The Morgan fingerprint density at radius 3 is 2.60 bits per heavy atom. The van der Waals surface area contributed by atoms with E-state index in [-0.39, 0.29) is 5.91 Å². The fourth-order valence-electron chi connectivity index (χ4n) is 2.51. The molecule has 3 rings (SSSR count). The lowest BCUT2D eigenvalue weighted by molar-refractivity contribution is 0.0963. The number of aryl methyl sites for hydroxylation is 1. The van der Waals surface area contributed by atoms with Crippen LogP contribution in [0, 0.1) is 6.92 Å². The van der Waals surface area contributed by atoms with Gasteiger partial charge in [0.05, 0.1) is 18.5 Å². The van der Waals surface area contributed by atoms with Gasteiger partial charge in [0.25, 0.3) is 5.91 Å². The fraction of sp³-hybridized carbons (Fsp3) is 0.211. The van der Waals surface area contributed by atoms with Gasteiger partial charge in [0.1, 0.15) is 0 Å². The monoisotopic (exact) mass is 336 g/mol. The molecule has 0 saturated heterocycles. The Labute approximate surface area is 146 Å². The first-order valence-corrected chi connectivity index (χ1v) is 8.07. The Morgan fingerprint density at radius 1 is 1.08 bits per heavy atom. The molecule has 0 atom stereocenters. The molecule has 0 unspecified atom stereocenters. The lowest BCUT2D eigenvalue weighted by Crippen LogP contribution is -2.19. The lowest BCUT2D eigenvalue weighted by atomic mass is 10.1. The van der Waals surface area contributed by atoms with Crippen LogP contribution in [0.3, 0.4) is 0 Å². The SMILES string of the molecule is CNC(=O)c1cc(C)ccc1NCc1nnc(Cc2ccccc2)o1. The summed E-state index contributed by atoms with van der Waals surface area (Å²) in [5.41, 5.74) is 3.46. The first kappa shape index (κ1) is 16.7. The highest BCUT2D eigenvalue weighted by Gasteiger charge is 2.12. The van der Waals surface area contributed by atoms with E-state index in [1.54, 1.807) is 7.05 Å². The van der Waals surface area contributed by atoms with E-state index in [4.69, 9.17) is 4.42 Å². The summed E-state index contributed by atoms with van der Waals surface area (Å²) in [5.74, 6) is 0.911. The molecule has 1 amide bonds. The molecule has 128 valence electrons. The molecule has 2 N–H and O–H groups in total. The van der Waals surface area contributed by atoms with E-state index in [0.717, 1.165) is 16.8 Å².